The smallest absolute Gasteiger partial charge is 0.303 e. The molecule has 2 rings (SSSR count). The van der Waals surface area contributed by atoms with Crippen molar-refractivity contribution < 1.29 is 33.6 Å². The zero-order chi connectivity index (χ0) is 21.8. The van der Waals surface area contributed by atoms with Gasteiger partial charge in [-0.15, -0.1) is 0 Å². The Labute approximate surface area is 174 Å². The quantitative estimate of drug-likeness (QED) is 0.511. The van der Waals surface area contributed by atoms with E-state index in [1.807, 2.05) is 43.4 Å². The molecule has 0 bridgehead atoms. The molecule has 5 atom stereocenters. The lowest BCUT2D eigenvalue weighted by molar-refractivity contribution is -0.295. The first-order valence-electron chi connectivity index (χ1n) is 9.91. The molecule has 0 radical (unpaired) electrons. The number of carbonyl (C=O) groups is 1. The lowest BCUT2D eigenvalue weighted by atomic mass is 9.98. The van der Waals surface area contributed by atoms with Crippen LogP contribution in [0.1, 0.15) is 33.3 Å². The molecule has 0 spiro atoms. The highest BCUT2D eigenvalue weighted by Gasteiger charge is 2.52. The first-order valence-corrected chi connectivity index (χ1v) is 12.8. The molecule has 0 unspecified atom stereocenters. The standard InChI is InChI=1S/C21H34O7Si/c1-14(23)26-18-17(25-13-15-10-8-7-9-11-15)16(12-22)27-20(24)19(18)28-29(5,6)21(2,3)4/h7-11,16-20,22,24H,12-13H2,1-6H3/t16-,17-,18+,19-,20+/m1/s1. The summed E-state index contributed by atoms with van der Waals surface area (Å²) in [6, 6.07) is 9.53. The molecule has 2 N–H and O–H groups in total. The maximum absolute atomic E-state index is 11.8. The summed E-state index contributed by atoms with van der Waals surface area (Å²) in [4.78, 5) is 11.8. The summed E-state index contributed by atoms with van der Waals surface area (Å²) in [5.74, 6) is -0.516. The Kier molecular flexibility index (Phi) is 8.00. The maximum Gasteiger partial charge on any atom is 0.303 e. The minimum atomic E-state index is -2.32. The van der Waals surface area contributed by atoms with E-state index in [9.17, 15) is 15.0 Å². The summed E-state index contributed by atoms with van der Waals surface area (Å²) in [6.07, 6.45) is -4.81. The molecule has 1 fully saturated rings. The van der Waals surface area contributed by atoms with Crippen LogP contribution in [0.3, 0.4) is 0 Å². The first-order chi connectivity index (χ1) is 13.5. The highest BCUT2D eigenvalue weighted by Crippen LogP contribution is 2.40. The molecule has 0 saturated carbocycles. The summed E-state index contributed by atoms with van der Waals surface area (Å²) >= 11 is 0. The lowest BCUT2D eigenvalue weighted by Gasteiger charge is -2.48. The third-order valence-electron chi connectivity index (χ3n) is 5.61. The number of rotatable bonds is 7. The minimum absolute atomic E-state index is 0.123. The number of ether oxygens (including phenoxy) is 3. The van der Waals surface area contributed by atoms with Gasteiger partial charge in [0.05, 0.1) is 13.2 Å². The van der Waals surface area contributed by atoms with Crippen LogP contribution in [0, 0.1) is 0 Å². The number of esters is 1. The van der Waals surface area contributed by atoms with Crippen molar-refractivity contribution in [3.63, 3.8) is 0 Å². The zero-order valence-corrected chi connectivity index (χ0v) is 19.1. The average molecular weight is 427 g/mol. The van der Waals surface area contributed by atoms with Crippen LogP contribution in [0.4, 0.5) is 0 Å². The van der Waals surface area contributed by atoms with Crippen molar-refractivity contribution in [3.8, 4) is 0 Å². The number of hydrogen-bond acceptors (Lipinski definition) is 7. The normalized spacial score (nSPS) is 28.2. The third-order valence-corrected chi connectivity index (χ3v) is 10.1. The molecule has 1 aromatic rings. The fraction of sp³-hybridized carbons (Fsp3) is 0.667. The Morgan fingerprint density at radius 2 is 1.76 bits per heavy atom. The van der Waals surface area contributed by atoms with Crippen LogP contribution in [0.15, 0.2) is 30.3 Å². The van der Waals surface area contributed by atoms with E-state index in [0.717, 1.165) is 5.56 Å². The van der Waals surface area contributed by atoms with Gasteiger partial charge in [-0.2, -0.15) is 0 Å². The highest BCUT2D eigenvalue weighted by molar-refractivity contribution is 6.74. The fourth-order valence-electron chi connectivity index (χ4n) is 2.98. The zero-order valence-electron chi connectivity index (χ0n) is 18.1. The number of hydrogen-bond donors (Lipinski definition) is 2. The van der Waals surface area contributed by atoms with E-state index in [0.29, 0.717) is 0 Å². The molecular weight excluding hydrogens is 392 g/mol. The van der Waals surface area contributed by atoms with Crippen LogP contribution in [0.2, 0.25) is 18.1 Å². The molecule has 0 amide bonds. The molecule has 164 valence electrons. The fourth-order valence-corrected chi connectivity index (χ4v) is 4.26. The van der Waals surface area contributed by atoms with Crippen molar-refractivity contribution in [1.29, 1.82) is 0 Å². The summed E-state index contributed by atoms with van der Waals surface area (Å²) in [7, 11) is -2.32. The van der Waals surface area contributed by atoms with Crippen molar-refractivity contribution in [1.82, 2.24) is 0 Å². The maximum atomic E-state index is 11.8. The van der Waals surface area contributed by atoms with Gasteiger partial charge < -0.3 is 28.8 Å². The molecule has 1 aromatic carbocycles. The molecule has 0 aliphatic carbocycles. The van der Waals surface area contributed by atoms with Gasteiger partial charge in [0, 0.05) is 6.92 Å². The van der Waals surface area contributed by atoms with Crippen LogP contribution in [0.5, 0.6) is 0 Å². The van der Waals surface area contributed by atoms with E-state index >= 15 is 0 Å². The molecule has 0 aromatic heterocycles. The molecule has 7 nitrogen and oxygen atoms in total. The molecule has 29 heavy (non-hydrogen) atoms. The second kappa shape index (κ2) is 9.68. The van der Waals surface area contributed by atoms with Crippen LogP contribution < -0.4 is 0 Å². The summed E-state index contributed by atoms with van der Waals surface area (Å²) in [6.45, 7) is 11.5. The predicted octanol–water partition coefficient (Wildman–Crippen LogP) is 2.60. The molecule has 1 heterocycles. The Morgan fingerprint density at radius 1 is 1.14 bits per heavy atom. The van der Waals surface area contributed by atoms with Crippen LogP contribution >= 0.6 is 0 Å². The summed E-state index contributed by atoms with van der Waals surface area (Å²) in [5, 5.41) is 20.3. The van der Waals surface area contributed by atoms with Gasteiger partial charge in [-0.05, 0) is 23.7 Å². The number of aliphatic hydroxyl groups is 2. The van der Waals surface area contributed by atoms with Gasteiger partial charge in [-0.25, -0.2) is 0 Å². The predicted molar refractivity (Wildman–Crippen MR) is 111 cm³/mol. The Balaban J connectivity index is 2.30. The molecular formula is C21H34O7Si. The number of benzene rings is 1. The van der Waals surface area contributed by atoms with Crippen molar-refractivity contribution in [2.45, 2.75) is 83.1 Å². The Morgan fingerprint density at radius 3 is 2.28 bits per heavy atom. The van der Waals surface area contributed by atoms with Crippen LogP contribution in [-0.2, 0) is 30.0 Å². The lowest BCUT2D eigenvalue weighted by Crippen LogP contribution is -2.64. The monoisotopic (exact) mass is 426 g/mol. The van der Waals surface area contributed by atoms with E-state index in [2.05, 4.69) is 20.8 Å². The van der Waals surface area contributed by atoms with Crippen LogP contribution in [0.25, 0.3) is 0 Å². The van der Waals surface area contributed by atoms with E-state index in [1.165, 1.54) is 6.92 Å². The topological polar surface area (TPSA) is 94.5 Å². The first kappa shape index (κ1) is 24.0. The molecule has 1 aliphatic rings. The Hall–Kier alpha value is -1.29. The highest BCUT2D eigenvalue weighted by atomic mass is 28.4. The molecule has 1 aliphatic heterocycles. The SMILES string of the molecule is CC(=O)O[C@@H]1[C@@H](O[Si](C)(C)C(C)(C)C)[C@@H](O)O[C@H](CO)[C@H]1OCc1ccccc1. The summed E-state index contributed by atoms with van der Waals surface area (Å²) in [5.41, 5.74) is 0.929. The van der Waals surface area contributed by atoms with Gasteiger partial charge in [0.1, 0.15) is 18.3 Å². The second-order valence-electron chi connectivity index (χ2n) is 8.93. The van der Waals surface area contributed by atoms with Crippen molar-refractivity contribution >= 4 is 14.3 Å². The van der Waals surface area contributed by atoms with E-state index in [-0.39, 0.29) is 18.3 Å². The average Bonchev–Trinajstić information content (AvgIpc) is 2.63. The van der Waals surface area contributed by atoms with E-state index in [4.69, 9.17) is 18.6 Å². The second-order valence-corrected chi connectivity index (χ2v) is 13.7. The van der Waals surface area contributed by atoms with Crippen LogP contribution in [-0.4, -0.2) is 61.8 Å². The van der Waals surface area contributed by atoms with E-state index in [1.54, 1.807) is 0 Å². The van der Waals surface area contributed by atoms with Gasteiger partial charge in [0.25, 0.3) is 0 Å². The van der Waals surface area contributed by atoms with Crippen molar-refractivity contribution in [3.05, 3.63) is 35.9 Å². The van der Waals surface area contributed by atoms with Crippen molar-refractivity contribution in [2.75, 3.05) is 6.61 Å². The van der Waals surface area contributed by atoms with Gasteiger partial charge in [-0.1, -0.05) is 51.1 Å². The van der Waals surface area contributed by atoms with Gasteiger partial charge in [0.15, 0.2) is 20.7 Å². The number of aliphatic hydroxyl groups excluding tert-OH is 2. The van der Waals surface area contributed by atoms with Gasteiger partial charge in [-0.3, -0.25) is 4.79 Å². The summed E-state index contributed by atoms with van der Waals surface area (Å²) < 4.78 is 23.6. The van der Waals surface area contributed by atoms with Crippen molar-refractivity contribution in [2.24, 2.45) is 0 Å². The Bertz CT molecular complexity index is 659. The molecule has 1 saturated heterocycles. The van der Waals surface area contributed by atoms with E-state index < -0.39 is 45.0 Å². The van der Waals surface area contributed by atoms with Gasteiger partial charge in [0.2, 0.25) is 0 Å². The third kappa shape index (κ3) is 6.10. The largest absolute Gasteiger partial charge is 0.457 e. The molecule has 8 heteroatoms. The number of carbonyl (C=O) groups excluding carboxylic acids is 1. The minimum Gasteiger partial charge on any atom is -0.457 e. The van der Waals surface area contributed by atoms with Gasteiger partial charge >= 0.3 is 5.97 Å².